The molecule has 0 unspecified atom stereocenters. The van der Waals surface area contributed by atoms with E-state index in [1.807, 2.05) is 18.2 Å². The molecule has 1 aromatic rings. The first-order chi connectivity index (χ1) is 6.74. The molecule has 0 atom stereocenters. The molecule has 0 radical (unpaired) electrons. The van der Waals surface area contributed by atoms with Crippen LogP contribution in [-0.4, -0.2) is 4.92 Å². The minimum atomic E-state index is -0.378. The van der Waals surface area contributed by atoms with Gasteiger partial charge in [-0.25, -0.2) is 0 Å². The van der Waals surface area contributed by atoms with E-state index in [4.69, 9.17) is 0 Å². The van der Waals surface area contributed by atoms with Crippen LogP contribution in [0.2, 0.25) is 0 Å². The lowest BCUT2D eigenvalue weighted by molar-refractivity contribution is -0.384. The Kier molecular flexibility index (Phi) is 3.85. The van der Waals surface area contributed by atoms with Crippen molar-refractivity contribution in [3.63, 3.8) is 0 Å². The summed E-state index contributed by atoms with van der Waals surface area (Å²) in [5.41, 5.74) is 1.02. The van der Waals surface area contributed by atoms with Crippen molar-refractivity contribution in [1.29, 1.82) is 0 Å². The molecule has 0 amide bonds. The van der Waals surface area contributed by atoms with Crippen LogP contribution in [0.1, 0.15) is 25.3 Å². The van der Waals surface area contributed by atoms with Gasteiger partial charge in [0.2, 0.25) is 0 Å². The average molecular weight is 191 g/mol. The van der Waals surface area contributed by atoms with Crippen molar-refractivity contribution in [3.8, 4) is 0 Å². The average Bonchev–Trinajstić information content (AvgIpc) is 2.19. The second-order valence-electron chi connectivity index (χ2n) is 3.04. The summed E-state index contributed by atoms with van der Waals surface area (Å²) in [6, 6.07) is 6.63. The maximum atomic E-state index is 10.5. The van der Waals surface area contributed by atoms with E-state index in [1.54, 1.807) is 12.1 Å². The van der Waals surface area contributed by atoms with E-state index in [2.05, 4.69) is 6.92 Å². The molecule has 14 heavy (non-hydrogen) atoms. The molecule has 3 nitrogen and oxygen atoms in total. The van der Waals surface area contributed by atoms with E-state index < -0.39 is 0 Å². The van der Waals surface area contributed by atoms with Crippen molar-refractivity contribution in [2.45, 2.75) is 19.8 Å². The fraction of sp³-hybridized carbons (Fsp3) is 0.273. The van der Waals surface area contributed by atoms with Crippen molar-refractivity contribution < 1.29 is 4.92 Å². The summed E-state index contributed by atoms with van der Waals surface area (Å²) in [6.07, 6.45) is 6.03. The molecule has 0 aliphatic rings. The zero-order valence-electron chi connectivity index (χ0n) is 8.14. The van der Waals surface area contributed by atoms with Gasteiger partial charge in [0.1, 0.15) is 0 Å². The highest BCUT2D eigenvalue weighted by atomic mass is 16.6. The summed E-state index contributed by atoms with van der Waals surface area (Å²) in [7, 11) is 0. The van der Waals surface area contributed by atoms with E-state index in [1.165, 1.54) is 6.07 Å². The number of hydrogen-bond acceptors (Lipinski definition) is 2. The molecule has 3 heteroatoms. The van der Waals surface area contributed by atoms with Gasteiger partial charge in [0.15, 0.2) is 0 Å². The number of unbranched alkanes of at least 4 members (excludes halogenated alkanes) is 1. The molecule has 1 rings (SSSR count). The first kappa shape index (κ1) is 10.4. The Bertz CT molecular complexity index is 345. The number of benzene rings is 1. The van der Waals surface area contributed by atoms with Crippen molar-refractivity contribution in [2.24, 2.45) is 0 Å². The first-order valence-corrected chi connectivity index (χ1v) is 4.65. The number of hydrogen-bond donors (Lipinski definition) is 0. The molecule has 1 aromatic carbocycles. The van der Waals surface area contributed by atoms with Crippen LogP contribution in [0.25, 0.3) is 6.08 Å². The fourth-order valence-electron chi connectivity index (χ4n) is 1.13. The van der Waals surface area contributed by atoms with Gasteiger partial charge in [0.25, 0.3) is 5.69 Å². The fourth-order valence-corrected chi connectivity index (χ4v) is 1.13. The number of allylic oxidation sites excluding steroid dienone is 1. The minimum Gasteiger partial charge on any atom is -0.258 e. The number of nitro groups is 1. The standard InChI is InChI=1S/C11H13NO2/c1-2-3-4-6-10-7-5-8-11(9-10)12(13)14/h4-9H,2-3H2,1H3. The number of nitro benzene ring substituents is 1. The van der Waals surface area contributed by atoms with Gasteiger partial charge in [-0.15, -0.1) is 0 Å². The van der Waals surface area contributed by atoms with Crippen molar-refractivity contribution in [1.82, 2.24) is 0 Å². The van der Waals surface area contributed by atoms with Gasteiger partial charge in [0.05, 0.1) is 4.92 Å². The zero-order valence-corrected chi connectivity index (χ0v) is 8.14. The smallest absolute Gasteiger partial charge is 0.258 e. The third-order valence-electron chi connectivity index (χ3n) is 1.85. The lowest BCUT2D eigenvalue weighted by Gasteiger charge is -1.93. The van der Waals surface area contributed by atoms with Gasteiger partial charge in [0, 0.05) is 12.1 Å². The molecule has 0 fully saturated rings. The monoisotopic (exact) mass is 191 g/mol. The Hall–Kier alpha value is -1.64. The topological polar surface area (TPSA) is 43.1 Å². The van der Waals surface area contributed by atoms with Crippen molar-refractivity contribution in [3.05, 3.63) is 46.0 Å². The Labute approximate surface area is 83.2 Å². The van der Waals surface area contributed by atoms with Crippen LogP contribution >= 0.6 is 0 Å². The lowest BCUT2D eigenvalue weighted by Crippen LogP contribution is -1.87. The highest BCUT2D eigenvalue weighted by Crippen LogP contribution is 2.14. The van der Waals surface area contributed by atoms with E-state index in [0.29, 0.717) is 0 Å². The maximum Gasteiger partial charge on any atom is 0.270 e. The van der Waals surface area contributed by atoms with Crippen LogP contribution in [0.3, 0.4) is 0 Å². The SMILES string of the molecule is CCCC=Cc1cccc([N+](=O)[O-])c1. The van der Waals surface area contributed by atoms with E-state index in [0.717, 1.165) is 18.4 Å². The van der Waals surface area contributed by atoms with Gasteiger partial charge < -0.3 is 0 Å². The van der Waals surface area contributed by atoms with E-state index in [9.17, 15) is 10.1 Å². The van der Waals surface area contributed by atoms with Crippen LogP contribution in [-0.2, 0) is 0 Å². The van der Waals surface area contributed by atoms with Crippen molar-refractivity contribution in [2.75, 3.05) is 0 Å². The Morgan fingerprint density at radius 1 is 1.50 bits per heavy atom. The highest BCUT2D eigenvalue weighted by molar-refractivity contribution is 5.53. The van der Waals surface area contributed by atoms with Crippen LogP contribution < -0.4 is 0 Å². The molecule has 0 saturated heterocycles. The third kappa shape index (κ3) is 3.01. The maximum absolute atomic E-state index is 10.5. The van der Waals surface area contributed by atoms with Gasteiger partial charge in [-0.3, -0.25) is 10.1 Å². The van der Waals surface area contributed by atoms with E-state index >= 15 is 0 Å². The lowest BCUT2D eigenvalue weighted by atomic mass is 10.1. The Morgan fingerprint density at radius 2 is 2.29 bits per heavy atom. The summed E-state index contributed by atoms with van der Waals surface area (Å²) in [5, 5.41) is 10.5. The second kappa shape index (κ2) is 5.17. The number of non-ortho nitro benzene ring substituents is 1. The summed E-state index contributed by atoms with van der Waals surface area (Å²) in [5.74, 6) is 0. The molecule has 0 spiro atoms. The predicted molar refractivity (Wildman–Crippen MR) is 57.0 cm³/mol. The quantitative estimate of drug-likeness (QED) is 0.540. The molecule has 0 bridgehead atoms. The van der Waals surface area contributed by atoms with Gasteiger partial charge in [-0.1, -0.05) is 37.6 Å². The highest BCUT2D eigenvalue weighted by Gasteiger charge is 2.02. The van der Waals surface area contributed by atoms with Gasteiger partial charge in [-0.2, -0.15) is 0 Å². The second-order valence-corrected chi connectivity index (χ2v) is 3.04. The summed E-state index contributed by atoms with van der Waals surface area (Å²) in [6.45, 7) is 2.10. The van der Waals surface area contributed by atoms with Crippen LogP contribution in [0.15, 0.2) is 30.3 Å². The van der Waals surface area contributed by atoms with Crippen LogP contribution in [0.5, 0.6) is 0 Å². The Balaban J connectivity index is 2.78. The predicted octanol–water partition coefficient (Wildman–Crippen LogP) is 3.41. The van der Waals surface area contributed by atoms with Crippen LogP contribution in [0.4, 0.5) is 5.69 Å². The molecule has 0 aliphatic heterocycles. The number of rotatable bonds is 4. The summed E-state index contributed by atoms with van der Waals surface area (Å²) in [4.78, 5) is 10.1. The molecule has 0 aliphatic carbocycles. The normalized spacial score (nSPS) is 10.6. The molecule has 0 saturated carbocycles. The van der Waals surface area contributed by atoms with Gasteiger partial charge >= 0.3 is 0 Å². The molecule has 74 valence electrons. The number of nitrogens with zero attached hydrogens (tertiary/aromatic N) is 1. The summed E-state index contributed by atoms with van der Waals surface area (Å²) >= 11 is 0. The summed E-state index contributed by atoms with van der Waals surface area (Å²) < 4.78 is 0. The molecule has 0 heterocycles. The minimum absolute atomic E-state index is 0.142. The Morgan fingerprint density at radius 3 is 2.93 bits per heavy atom. The van der Waals surface area contributed by atoms with E-state index in [-0.39, 0.29) is 10.6 Å². The third-order valence-corrected chi connectivity index (χ3v) is 1.85. The van der Waals surface area contributed by atoms with Gasteiger partial charge in [-0.05, 0) is 12.0 Å². The van der Waals surface area contributed by atoms with Crippen LogP contribution in [0, 0.1) is 10.1 Å². The zero-order chi connectivity index (χ0) is 10.4. The van der Waals surface area contributed by atoms with Crippen molar-refractivity contribution >= 4 is 11.8 Å². The molecular weight excluding hydrogens is 178 g/mol. The molecule has 0 N–H and O–H groups in total. The largest absolute Gasteiger partial charge is 0.270 e. The molecular formula is C11H13NO2. The first-order valence-electron chi connectivity index (χ1n) is 4.65. The molecule has 0 aromatic heterocycles.